The first kappa shape index (κ1) is 28.4. The van der Waals surface area contributed by atoms with E-state index in [1.54, 1.807) is 22.4 Å². The highest BCUT2D eigenvalue weighted by Crippen LogP contribution is 2.34. The van der Waals surface area contributed by atoms with E-state index in [1.807, 2.05) is 59.5 Å². The van der Waals surface area contributed by atoms with Crippen molar-refractivity contribution in [2.24, 2.45) is 5.92 Å². The zero-order valence-electron chi connectivity index (χ0n) is 23.7. The quantitative estimate of drug-likeness (QED) is 0.301. The second-order valence-corrected chi connectivity index (χ2v) is 12.8. The summed E-state index contributed by atoms with van der Waals surface area (Å²) >= 11 is 1.74. The number of fused-ring (bicyclic) bond motifs is 1. The molecule has 2 aromatic carbocycles. The molecule has 2 fully saturated rings. The van der Waals surface area contributed by atoms with E-state index in [2.05, 4.69) is 4.90 Å². The number of carboxylic acid groups (broad SMARTS) is 1. The summed E-state index contributed by atoms with van der Waals surface area (Å²) in [7, 11) is 0. The Bertz CT molecular complexity index is 1520. The van der Waals surface area contributed by atoms with Gasteiger partial charge in [0.25, 0.3) is 5.56 Å². The number of carbonyl (C=O) groups excluding carboxylic acids is 1. The molecule has 1 saturated carbocycles. The lowest BCUT2D eigenvalue weighted by molar-refractivity contribution is -0.142. The topological polar surface area (TPSA) is 95.7 Å². The Morgan fingerprint density at radius 3 is 2.45 bits per heavy atom. The predicted octanol–water partition coefficient (Wildman–Crippen LogP) is 4.77. The molecular formula is C33H36N4O4S. The minimum atomic E-state index is -0.968. The van der Waals surface area contributed by atoms with Gasteiger partial charge in [0.05, 0.1) is 29.4 Å². The summed E-state index contributed by atoms with van der Waals surface area (Å²) in [5.74, 6) is -0.934. The van der Waals surface area contributed by atoms with Gasteiger partial charge in [0.2, 0.25) is 5.91 Å². The second kappa shape index (κ2) is 12.7. The van der Waals surface area contributed by atoms with E-state index < -0.39 is 5.97 Å². The van der Waals surface area contributed by atoms with Crippen molar-refractivity contribution in [3.05, 3.63) is 93.4 Å². The van der Waals surface area contributed by atoms with Gasteiger partial charge in [-0.3, -0.25) is 19.1 Å². The van der Waals surface area contributed by atoms with Crippen molar-refractivity contribution in [1.82, 2.24) is 19.4 Å². The molecule has 3 aromatic rings. The van der Waals surface area contributed by atoms with E-state index in [9.17, 15) is 14.4 Å². The van der Waals surface area contributed by atoms with E-state index in [-0.39, 0.29) is 17.4 Å². The first-order valence-corrected chi connectivity index (χ1v) is 15.7. The highest BCUT2D eigenvalue weighted by Gasteiger charge is 2.37. The lowest BCUT2D eigenvalue weighted by Gasteiger charge is -2.41. The number of carbonyl (C=O) groups is 2. The summed E-state index contributed by atoms with van der Waals surface area (Å²) in [4.78, 5) is 47.3. The summed E-state index contributed by atoms with van der Waals surface area (Å²) in [6, 6.07) is 17.5. The number of likely N-dealkylation sites (tertiary alicyclic amines) is 1. The molecule has 6 rings (SSSR count). The van der Waals surface area contributed by atoms with Crippen LogP contribution in [0, 0.1) is 5.92 Å². The van der Waals surface area contributed by atoms with Crippen LogP contribution in [0.15, 0.2) is 70.6 Å². The Labute approximate surface area is 250 Å². The van der Waals surface area contributed by atoms with Crippen LogP contribution in [-0.2, 0) is 29.1 Å². The first-order valence-electron chi connectivity index (χ1n) is 14.8. The molecule has 0 bridgehead atoms. The van der Waals surface area contributed by atoms with Gasteiger partial charge >= 0.3 is 5.97 Å². The maximum Gasteiger partial charge on any atom is 0.328 e. The molecule has 42 heavy (non-hydrogen) atoms. The maximum atomic E-state index is 14.0. The monoisotopic (exact) mass is 584 g/mol. The standard InChI is InChI=1S/C33H36N4O4S/c38-30(39)16-15-23-11-13-24(14-12-23)19-35-20-25(21-35)31(40)36-18-17-29-28(22-36)32(41)37(26-7-3-1-4-8-26)33(34-29)42-27-9-5-2-6-10-27/h1,3-4,7-8,11-16,25,27H,2,5-6,9-10,17-22H2,(H,38,39)/b16-15+. The minimum Gasteiger partial charge on any atom is -0.478 e. The lowest BCUT2D eigenvalue weighted by Crippen LogP contribution is -2.55. The van der Waals surface area contributed by atoms with Crippen LogP contribution in [0.3, 0.4) is 0 Å². The van der Waals surface area contributed by atoms with Gasteiger partial charge in [0.15, 0.2) is 5.16 Å². The molecule has 1 saturated heterocycles. The van der Waals surface area contributed by atoms with Crippen LogP contribution >= 0.6 is 11.8 Å². The highest BCUT2D eigenvalue weighted by atomic mass is 32.2. The van der Waals surface area contributed by atoms with Crippen LogP contribution in [0.1, 0.15) is 54.5 Å². The van der Waals surface area contributed by atoms with Gasteiger partial charge in [-0.15, -0.1) is 0 Å². The first-order chi connectivity index (χ1) is 20.4. The molecule has 0 atom stereocenters. The van der Waals surface area contributed by atoms with E-state index in [1.165, 1.54) is 19.3 Å². The molecule has 8 nitrogen and oxygen atoms in total. The van der Waals surface area contributed by atoms with Crippen molar-refractivity contribution >= 4 is 29.7 Å². The molecule has 1 N–H and O–H groups in total. The van der Waals surface area contributed by atoms with Crippen molar-refractivity contribution < 1.29 is 14.7 Å². The SMILES string of the molecule is O=C(O)/C=C/c1ccc(CN2CC(C(=O)N3CCc4nc(SC5CCCCC5)n(-c5ccccc5)c(=O)c4C3)C2)cc1. The number of rotatable bonds is 8. The van der Waals surface area contributed by atoms with Crippen LogP contribution in [0.4, 0.5) is 0 Å². The summed E-state index contributed by atoms with van der Waals surface area (Å²) in [6.45, 7) is 3.01. The Morgan fingerprint density at radius 1 is 1.00 bits per heavy atom. The normalized spacial score (nSPS) is 18.1. The largest absolute Gasteiger partial charge is 0.478 e. The van der Waals surface area contributed by atoms with Crippen LogP contribution in [-0.4, -0.2) is 61.2 Å². The third-order valence-corrected chi connectivity index (χ3v) is 9.75. The maximum absolute atomic E-state index is 14.0. The molecule has 1 aliphatic carbocycles. The van der Waals surface area contributed by atoms with E-state index in [4.69, 9.17) is 10.1 Å². The third-order valence-electron chi connectivity index (χ3n) is 8.46. The Morgan fingerprint density at radius 2 is 1.74 bits per heavy atom. The van der Waals surface area contributed by atoms with Gasteiger partial charge in [-0.2, -0.15) is 0 Å². The number of aromatic nitrogens is 2. The molecule has 218 valence electrons. The number of thioether (sulfide) groups is 1. The van der Waals surface area contributed by atoms with Gasteiger partial charge in [-0.1, -0.05) is 73.5 Å². The van der Waals surface area contributed by atoms with Gasteiger partial charge in [-0.25, -0.2) is 9.78 Å². The predicted molar refractivity (Wildman–Crippen MR) is 164 cm³/mol. The summed E-state index contributed by atoms with van der Waals surface area (Å²) in [6.07, 6.45) is 9.35. The number of hydrogen-bond donors (Lipinski definition) is 1. The fraction of sp³-hybridized carbons (Fsp3) is 0.394. The lowest BCUT2D eigenvalue weighted by atomic mass is 9.95. The molecule has 0 unspecified atom stereocenters. The summed E-state index contributed by atoms with van der Waals surface area (Å²) < 4.78 is 1.76. The number of carboxylic acids is 1. The average molecular weight is 585 g/mol. The molecule has 3 aliphatic rings. The summed E-state index contributed by atoms with van der Waals surface area (Å²) in [5.41, 5.74) is 4.20. The smallest absolute Gasteiger partial charge is 0.328 e. The molecule has 1 amide bonds. The fourth-order valence-electron chi connectivity index (χ4n) is 6.13. The van der Waals surface area contributed by atoms with Crippen LogP contribution in [0.25, 0.3) is 11.8 Å². The van der Waals surface area contributed by atoms with Gasteiger partial charge in [0, 0.05) is 43.9 Å². The van der Waals surface area contributed by atoms with Crippen LogP contribution in [0.5, 0.6) is 0 Å². The third kappa shape index (κ3) is 6.37. The van der Waals surface area contributed by atoms with Crippen molar-refractivity contribution in [1.29, 1.82) is 0 Å². The summed E-state index contributed by atoms with van der Waals surface area (Å²) in [5, 5.41) is 10.0. The molecule has 2 aliphatic heterocycles. The Balaban J connectivity index is 1.12. The van der Waals surface area contributed by atoms with E-state index >= 15 is 0 Å². The van der Waals surface area contributed by atoms with Crippen LogP contribution < -0.4 is 5.56 Å². The molecule has 0 spiro atoms. The average Bonchev–Trinajstić information content (AvgIpc) is 2.99. The second-order valence-electron chi connectivity index (χ2n) is 11.5. The minimum absolute atomic E-state index is 0.0566. The number of amides is 1. The number of aliphatic carboxylic acids is 1. The van der Waals surface area contributed by atoms with Crippen molar-refractivity contribution in [2.45, 2.75) is 62.0 Å². The highest BCUT2D eigenvalue weighted by molar-refractivity contribution is 7.99. The van der Waals surface area contributed by atoms with Gasteiger partial charge < -0.3 is 10.0 Å². The van der Waals surface area contributed by atoms with Crippen LogP contribution in [0.2, 0.25) is 0 Å². The molecule has 9 heteroatoms. The van der Waals surface area contributed by atoms with Crippen molar-refractivity contribution in [3.8, 4) is 5.69 Å². The number of benzene rings is 2. The molecular weight excluding hydrogens is 548 g/mol. The Kier molecular flexibility index (Phi) is 8.58. The number of para-hydroxylation sites is 1. The number of nitrogens with zero attached hydrogens (tertiary/aromatic N) is 4. The molecule has 3 heterocycles. The van der Waals surface area contributed by atoms with Crippen molar-refractivity contribution in [3.63, 3.8) is 0 Å². The van der Waals surface area contributed by atoms with E-state index in [0.717, 1.165) is 53.1 Å². The zero-order chi connectivity index (χ0) is 29.1. The molecule has 0 radical (unpaired) electrons. The van der Waals surface area contributed by atoms with E-state index in [0.29, 0.717) is 43.4 Å². The molecule has 1 aromatic heterocycles. The Hall–Kier alpha value is -3.69. The van der Waals surface area contributed by atoms with Crippen molar-refractivity contribution in [2.75, 3.05) is 19.6 Å². The van der Waals surface area contributed by atoms with Gasteiger partial charge in [-0.05, 0) is 42.2 Å². The fourth-order valence-corrected chi connectivity index (χ4v) is 7.46. The number of hydrogen-bond acceptors (Lipinski definition) is 6. The zero-order valence-corrected chi connectivity index (χ0v) is 24.5. The van der Waals surface area contributed by atoms with Gasteiger partial charge in [0.1, 0.15) is 0 Å².